The van der Waals surface area contributed by atoms with Gasteiger partial charge in [0.25, 0.3) is 5.56 Å². The van der Waals surface area contributed by atoms with Gasteiger partial charge in [-0.2, -0.15) is 0 Å². The summed E-state index contributed by atoms with van der Waals surface area (Å²) in [5.41, 5.74) is 2.49. The third kappa shape index (κ3) is 4.84. The standard InChI is InChI=1S/C32H33FN4O3/c1-40-23-11-12-28-25(20-23)26(21-34-28)22-13-18-35(19-14-22)15-6-7-17-37-31(38)30(24-8-2-3-9-27(24)33)29-10-4-5-16-36(29)32(37)39/h2-5,8-12,16,20-22,34H,6-7,13-15,17-19H2,1H3. The second kappa shape index (κ2) is 11.1. The van der Waals surface area contributed by atoms with E-state index in [4.69, 9.17) is 4.74 Å². The van der Waals surface area contributed by atoms with Crippen molar-refractivity contribution in [2.45, 2.75) is 38.1 Å². The number of hydrogen-bond donors (Lipinski definition) is 1. The van der Waals surface area contributed by atoms with Crippen molar-refractivity contribution in [1.82, 2.24) is 18.9 Å². The maximum atomic E-state index is 14.7. The number of nitrogens with zero attached hydrogens (tertiary/aromatic N) is 3. The average Bonchev–Trinajstić information content (AvgIpc) is 3.41. The predicted octanol–water partition coefficient (Wildman–Crippen LogP) is 5.42. The summed E-state index contributed by atoms with van der Waals surface area (Å²) < 4.78 is 22.8. The van der Waals surface area contributed by atoms with Gasteiger partial charge in [-0.15, -0.1) is 0 Å². The second-order valence-electron chi connectivity index (χ2n) is 10.5. The molecule has 0 bridgehead atoms. The minimum atomic E-state index is -0.481. The molecule has 40 heavy (non-hydrogen) atoms. The SMILES string of the molecule is COc1ccc2[nH]cc(C3CCN(CCCCn4c(=O)c(-c5ccccc5F)c5ccccn5c4=O)CC3)c2c1. The van der Waals surface area contributed by atoms with E-state index in [9.17, 15) is 14.0 Å². The van der Waals surface area contributed by atoms with Crippen molar-refractivity contribution >= 4 is 16.4 Å². The van der Waals surface area contributed by atoms with Crippen LogP contribution in [0.15, 0.2) is 82.6 Å². The Labute approximate surface area is 231 Å². The Morgan fingerprint density at radius 1 is 0.975 bits per heavy atom. The monoisotopic (exact) mass is 540 g/mol. The van der Waals surface area contributed by atoms with Gasteiger partial charge in [0.05, 0.1) is 18.2 Å². The Kier molecular flexibility index (Phi) is 7.26. The number of methoxy groups -OCH3 is 1. The number of benzene rings is 2. The van der Waals surface area contributed by atoms with E-state index in [2.05, 4.69) is 28.2 Å². The Bertz CT molecular complexity index is 1780. The van der Waals surface area contributed by atoms with Crippen molar-refractivity contribution < 1.29 is 9.13 Å². The lowest BCUT2D eigenvalue weighted by Crippen LogP contribution is -2.39. The highest BCUT2D eigenvalue weighted by Crippen LogP contribution is 2.34. The average molecular weight is 541 g/mol. The summed E-state index contributed by atoms with van der Waals surface area (Å²) in [6.07, 6.45) is 7.50. The summed E-state index contributed by atoms with van der Waals surface area (Å²) in [6.45, 7) is 3.23. The van der Waals surface area contributed by atoms with Crippen molar-refractivity contribution in [1.29, 1.82) is 0 Å². The molecule has 0 amide bonds. The van der Waals surface area contributed by atoms with Gasteiger partial charge < -0.3 is 14.6 Å². The van der Waals surface area contributed by atoms with Crippen LogP contribution in [-0.4, -0.2) is 45.6 Å². The molecule has 0 saturated carbocycles. The number of aromatic nitrogens is 3. The van der Waals surface area contributed by atoms with Crippen molar-refractivity contribution in [2.24, 2.45) is 0 Å². The van der Waals surface area contributed by atoms with E-state index in [1.807, 2.05) is 6.07 Å². The molecule has 6 rings (SSSR count). The normalized spacial score (nSPS) is 14.8. The molecule has 0 aliphatic carbocycles. The Hall–Kier alpha value is -4.17. The number of likely N-dealkylation sites (tertiary alicyclic amines) is 1. The van der Waals surface area contributed by atoms with Crippen molar-refractivity contribution in [3.05, 3.63) is 105 Å². The zero-order valence-corrected chi connectivity index (χ0v) is 22.6. The number of piperidine rings is 1. The van der Waals surface area contributed by atoms with Crippen LogP contribution in [0.4, 0.5) is 4.39 Å². The van der Waals surface area contributed by atoms with Crippen LogP contribution in [0, 0.1) is 5.82 Å². The van der Waals surface area contributed by atoms with Crippen LogP contribution in [-0.2, 0) is 6.54 Å². The van der Waals surface area contributed by atoms with E-state index in [1.165, 1.54) is 26.0 Å². The molecule has 0 radical (unpaired) electrons. The predicted molar refractivity (Wildman–Crippen MR) is 156 cm³/mol. The highest BCUT2D eigenvalue weighted by atomic mass is 19.1. The number of pyridine rings is 1. The summed E-state index contributed by atoms with van der Waals surface area (Å²) in [5, 5.41) is 1.24. The molecule has 2 aromatic carbocycles. The van der Waals surface area contributed by atoms with E-state index in [0.717, 1.165) is 50.2 Å². The quantitative estimate of drug-likeness (QED) is 0.267. The van der Waals surface area contributed by atoms with E-state index in [0.29, 0.717) is 24.4 Å². The summed E-state index contributed by atoms with van der Waals surface area (Å²) in [6, 6.07) is 17.6. The first-order valence-electron chi connectivity index (χ1n) is 13.9. The van der Waals surface area contributed by atoms with E-state index in [-0.39, 0.29) is 11.1 Å². The lowest BCUT2D eigenvalue weighted by atomic mass is 9.89. The van der Waals surface area contributed by atoms with Crippen LogP contribution in [0.25, 0.3) is 27.5 Å². The fraction of sp³-hybridized carbons (Fsp3) is 0.312. The molecule has 1 aliphatic rings. The number of fused-ring (bicyclic) bond motifs is 2. The summed E-state index contributed by atoms with van der Waals surface area (Å²) in [4.78, 5) is 32.6. The topological polar surface area (TPSA) is 71.7 Å². The summed E-state index contributed by atoms with van der Waals surface area (Å²) in [5.74, 6) is 0.896. The molecule has 206 valence electrons. The van der Waals surface area contributed by atoms with Gasteiger partial charge in [-0.25, -0.2) is 9.18 Å². The van der Waals surface area contributed by atoms with E-state index < -0.39 is 17.1 Å². The van der Waals surface area contributed by atoms with Gasteiger partial charge in [-0.3, -0.25) is 13.8 Å². The molecule has 5 aromatic rings. The third-order valence-corrected chi connectivity index (χ3v) is 8.21. The number of ether oxygens (including phenoxy) is 1. The van der Waals surface area contributed by atoms with Crippen molar-refractivity contribution in [3.8, 4) is 16.9 Å². The minimum absolute atomic E-state index is 0.210. The van der Waals surface area contributed by atoms with Crippen LogP contribution >= 0.6 is 0 Å². The van der Waals surface area contributed by atoms with Crippen LogP contribution in [0.2, 0.25) is 0 Å². The summed E-state index contributed by atoms with van der Waals surface area (Å²) in [7, 11) is 1.70. The molecule has 1 saturated heterocycles. The maximum absolute atomic E-state index is 14.7. The number of hydrogen-bond acceptors (Lipinski definition) is 4. The van der Waals surface area contributed by atoms with Crippen molar-refractivity contribution in [2.75, 3.05) is 26.7 Å². The lowest BCUT2D eigenvalue weighted by Gasteiger charge is -2.32. The van der Waals surface area contributed by atoms with Gasteiger partial charge in [-0.1, -0.05) is 24.3 Å². The number of unbranched alkanes of at least 4 members (excludes halogenated alkanes) is 1. The van der Waals surface area contributed by atoms with Gasteiger partial charge in [0.2, 0.25) is 0 Å². The molecule has 4 heterocycles. The minimum Gasteiger partial charge on any atom is -0.497 e. The summed E-state index contributed by atoms with van der Waals surface area (Å²) >= 11 is 0. The highest BCUT2D eigenvalue weighted by Gasteiger charge is 2.23. The smallest absolute Gasteiger partial charge is 0.335 e. The maximum Gasteiger partial charge on any atom is 0.335 e. The Morgan fingerprint density at radius 2 is 1.75 bits per heavy atom. The largest absolute Gasteiger partial charge is 0.497 e. The molecule has 0 unspecified atom stereocenters. The number of H-pyrrole nitrogens is 1. The van der Waals surface area contributed by atoms with Gasteiger partial charge in [0.1, 0.15) is 11.6 Å². The van der Waals surface area contributed by atoms with E-state index >= 15 is 0 Å². The fourth-order valence-electron chi connectivity index (χ4n) is 6.05. The fourth-order valence-corrected chi connectivity index (χ4v) is 6.05. The third-order valence-electron chi connectivity index (χ3n) is 8.21. The van der Waals surface area contributed by atoms with Gasteiger partial charge in [-0.05, 0) is 93.2 Å². The van der Waals surface area contributed by atoms with Crippen LogP contribution < -0.4 is 16.0 Å². The lowest BCUT2D eigenvalue weighted by molar-refractivity contribution is 0.208. The van der Waals surface area contributed by atoms with Gasteiger partial charge in [0, 0.05) is 35.4 Å². The number of rotatable bonds is 8. The Balaban J connectivity index is 1.11. The Morgan fingerprint density at radius 3 is 2.55 bits per heavy atom. The first-order valence-corrected chi connectivity index (χ1v) is 13.9. The van der Waals surface area contributed by atoms with Gasteiger partial charge >= 0.3 is 5.69 Å². The van der Waals surface area contributed by atoms with Crippen LogP contribution in [0.3, 0.4) is 0 Å². The van der Waals surface area contributed by atoms with E-state index in [1.54, 1.807) is 49.7 Å². The molecule has 0 atom stereocenters. The molecule has 1 fully saturated rings. The highest BCUT2D eigenvalue weighted by molar-refractivity contribution is 5.85. The number of halogens is 1. The van der Waals surface area contributed by atoms with Crippen LogP contribution in [0.5, 0.6) is 5.75 Å². The zero-order valence-electron chi connectivity index (χ0n) is 22.6. The molecule has 7 nitrogen and oxygen atoms in total. The first-order chi connectivity index (χ1) is 19.5. The van der Waals surface area contributed by atoms with Crippen molar-refractivity contribution in [3.63, 3.8) is 0 Å². The molecule has 8 heteroatoms. The first kappa shape index (κ1) is 26.1. The molecule has 3 aromatic heterocycles. The zero-order chi connectivity index (χ0) is 27.6. The molecule has 1 aliphatic heterocycles. The number of aromatic amines is 1. The second-order valence-corrected chi connectivity index (χ2v) is 10.5. The molecule has 1 N–H and O–H groups in total. The van der Waals surface area contributed by atoms with Gasteiger partial charge in [0.15, 0.2) is 0 Å². The molecular weight excluding hydrogens is 507 g/mol. The number of nitrogens with one attached hydrogen (secondary N) is 1. The molecular formula is C32H33FN4O3. The molecule has 0 spiro atoms. The van der Waals surface area contributed by atoms with Crippen LogP contribution in [0.1, 0.15) is 37.2 Å².